The second kappa shape index (κ2) is 5.32. The van der Waals surface area contributed by atoms with Crippen LogP contribution in [0, 0.1) is 16.7 Å². The van der Waals surface area contributed by atoms with E-state index in [1.54, 1.807) is 0 Å². The highest BCUT2D eigenvalue weighted by atomic mass is 79.9. The number of hydrogen-bond donors (Lipinski definition) is 1. The summed E-state index contributed by atoms with van der Waals surface area (Å²) in [6.07, 6.45) is 5.00. The SMILES string of the molecule is CC1(C)CCC(Nc2ccc(C#N)cc2Br)CC1. The third kappa shape index (κ3) is 3.26. The molecule has 0 aliphatic heterocycles. The van der Waals surface area contributed by atoms with Crippen molar-refractivity contribution in [2.45, 2.75) is 45.6 Å². The Hall–Kier alpha value is -1.01. The molecule has 0 spiro atoms. The number of halogens is 1. The van der Waals surface area contributed by atoms with E-state index in [1.807, 2.05) is 18.2 Å². The molecule has 0 amide bonds. The maximum absolute atomic E-state index is 8.84. The molecular weight excluding hydrogens is 288 g/mol. The lowest BCUT2D eigenvalue weighted by Gasteiger charge is -2.35. The fraction of sp³-hybridized carbons (Fsp3) is 0.533. The molecule has 0 unspecified atom stereocenters. The van der Waals surface area contributed by atoms with E-state index >= 15 is 0 Å². The minimum atomic E-state index is 0.500. The van der Waals surface area contributed by atoms with Gasteiger partial charge in [-0.1, -0.05) is 13.8 Å². The zero-order chi connectivity index (χ0) is 13.2. The molecule has 1 aromatic carbocycles. The minimum Gasteiger partial charge on any atom is -0.381 e. The molecular formula is C15H19BrN2. The number of nitriles is 1. The Morgan fingerprint density at radius 3 is 2.56 bits per heavy atom. The summed E-state index contributed by atoms with van der Waals surface area (Å²) in [5, 5.41) is 12.4. The van der Waals surface area contributed by atoms with Crippen LogP contribution in [0.2, 0.25) is 0 Å². The highest BCUT2D eigenvalue weighted by molar-refractivity contribution is 9.10. The third-order valence-electron chi connectivity index (χ3n) is 3.80. The first-order valence-electron chi connectivity index (χ1n) is 6.46. The molecule has 1 aliphatic carbocycles. The fourth-order valence-electron chi connectivity index (χ4n) is 2.47. The quantitative estimate of drug-likeness (QED) is 0.859. The van der Waals surface area contributed by atoms with Gasteiger partial charge in [-0.2, -0.15) is 5.26 Å². The highest BCUT2D eigenvalue weighted by Crippen LogP contribution is 2.36. The molecule has 2 nitrogen and oxygen atoms in total. The van der Waals surface area contributed by atoms with Crippen LogP contribution in [0.5, 0.6) is 0 Å². The van der Waals surface area contributed by atoms with Crippen molar-refractivity contribution < 1.29 is 0 Å². The standard InChI is InChI=1S/C15H19BrN2/c1-15(2)7-5-12(6-8-15)18-14-4-3-11(10-17)9-13(14)16/h3-4,9,12,18H,5-8H2,1-2H3. The van der Waals surface area contributed by atoms with Gasteiger partial charge in [-0.15, -0.1) is 0 Å². The summed E-state index contributed by atoms with van der Waals surface area (Å²) in [5.41, 5.74) is 2.29. The van der Waals surface area contributed by atoms with Crippen molar-refractivity contribution >= 4 is 21.6 Å². The van der Waals surface area contributed by atoms with Crippen LogP contribution >= 0.6 is 15.9 Å². The van der Waals surface area contributed by atoms with E-state index in [-0.39, 0.29) is 0 Å². The number of nitrogens with zero attached hydrogens (tertiary/aromatic N) is 1. The summed E-state index contributed by atoms with van der Waals surface area (Å²) < 4.78 is 0.978. The molecule has 3 heteroatoms. The maximum atomic E-state index is 8.84. The lowest BCUT2D eigenvalue weighted by atomic mass is 9.75. The van der Waals surface area contributed by atoms with Gasteiger partial charge in [0, 0.05) is 16.2 Å². The Morgan fingerprint density at radius 2 is 2.00 bits per heavy atom. The maximum Gasteiger partial charge on any atom is 0.0992 e. The molecule has 1 N–H and O–H groups in total. The number of rotatable bonds is 2. The van der Waals surface area contributed by atoms with Crippen LogP contribution in [-0.2, 0) is 0 Å². The van der Waals surface area contributed by atoms with E-state index in [1.165, 1.54) is 25.7 Å². The average Bonchev–Trinajstić information content (AvgIpc) is 2.34. The number of anilines is 1. The van der Waals surface area contributed by atoms with E-state index in [0.29, 0.717) is 17.0 Å². The van der Waals surface area contributed by atoms with Crippen LogP contribution in [0.25, 0.3) is 0 Å². The first-order valence-corrected chi connectivity index (χ1v) is 7.26. The molecule has 1 fully saturated rings. The van der Waals surface area contributed by atoms with Gasteiger partial charge in [-0.05, 0) is 65.2 Å². The van der Waals surface area contributed by atoms with Crippen molar-refractivity contribution in [2.75, 3.05) is 5.32 Å². The van der Waals surface area contributed by atoms with E-state index in [2.05, 4.69) is 41.2 Å². The highest BCUT2D eigenvalue weighted by Gasteiger charge is 2.26. The summed E-state index contributed by atoms with van der Waals surface area (Å²) in [5.74, 6) is 0. The Kier molecular flexibility index (Phi) is 3.97. The van der Waals surface area contributed by atoms with Gasteiger partial charge in [0.2, 0.25) is 0 Å². The Morgan fingerprint density at radius 1 is 1.33 bits per heavy atom. The summed E-state index contributed by atoms with van der Waals surface area (Å²) >= 11 is 3.52. The van der Waals surface area contributed by atoms with Crippen LogP contribution in [0.1, 0.15) is 45.1 Å². The molecule has 1 aromatic rings. The molecule has 0 radical (unpaired) electrons. The molecule has 0 heterocycles. The van der Waals surface area contributed by atoms with Gasteiger partial charge in [0.05, 0.1) is 11.6 Å². The number of hydrogen-bond acceptors (Lipinski definition) is 2. The van der Waals surface area contributed by atoms with Crippen molar-refractivity contribution in [2.24, 2.45) is 5.41 Å². The molecule has 2 rings (SSSR count). The Bertz CT molecular complexity index is 464. The third-order valence-corrected chi connectivity index (χ3v) is 4.45. The molecule has 1 saturated carbocycles. The van der Waals surface area contributed by atoms with Crippen molar-refractivity contribution in [1.82, 2.24) is 0 Å². The molecule has 96 valence electrons. The second-order valence-corrected chi connectivity index (χ2v) is 6.74. The van der Waals surface area contributed by atoms with Gasteiger partial charge in [-0.3, -0.25) is 0 Å². The summed E-state index contributed by atoms with van der Waals surface area (Å²) in [7, 11) is 0. The molecule has 0 saturated heterocycles. The fourth-order valence-corrected chi connectivity index (χ4v) is 2.96. The van der Waals surface area contributed by atoms with Crippen molar-refractivity contribution in [3.8, 4) is 6.07 Å². The minimum absolute atomic E-state index is 0.500. The van der Waals surface area contributed by atoms with Gasteiger partial charge in [0.25, 0.3) is 0 Å². The lowest BCUT2D eigenvalue weighted by molar-refractivity contribution is 0.232. The van der Waals surface area contributed by atoms with Crippen LogP contribution in [0.4, 0.5) is 5.69 Å². The van der Waals surface area contributed by atoms with Crippen LogP contribution in [0.3, 0.4) is 0 Å². The topological polar surface area (TPSA) is 35.8 Å². The summed E-state index contributed by atoms with van der Waals surface area (Å²) in [6.45, 7) is 4.70. The van der Waals surface area contributed by atoms with Crippen molar-refractivity contribution in [3.05, 3.63) is 28.2 Å². The number of benzene rings is 1. The average molecular weight is 307 g/mol. The number of nitrogens with one attached hydrogen (secondary N) is 1. The van der Waals surface area contributed by atoms with Gasteiger partial charge in [0.15, 0.2) is 0 Å². The van der Waals surface area contributed by atoms with Gasteiger partial charge < -0.3 is 5.32 Å². The second-order valence-electron chi connectivity index (χ2n) is 5.89. The predicted molar refractivity (Wildman–Crippen MR) is 78.5 cm³/mol. The van der Waals surface area contributed by atoms with Crippen molar-refractivity contribution in [1.29, 1.82) is 5.26 Å². The lowest BCUT2D eigenvalue weighted by Crippen LogP contribution is -2.29. The van der Waals surface area contributed by atoms with E-state index in [0.717, 1.165) is 10.2 Å². The van der Waals surface area contributed by atoms with Crippen LogP contribution < -0.4 is 5.32 Å². The molecule has 0 atom stereocenters. The molecule has 0 aromatic heterocycles. The first-order chi connectivity index (χ1) is 8.50. The monoisotopic (exact) mass is 306 g/mol. The van der Waals surface area contributed by atoms with Crippen LogP contribution in [0.15, 0.2) is 22.7 Å². The van der Waals surface area contributed by atoms with Gasteiger partial charge >= 0.3 is 0 Å². The molecule has 1 aliphatic rings. The van der Waals surface area contributed by atoms with Crippen molar-refractivity contribution in [3.63, 3.8) is 0 Å². The zero-order valence-electron chi connectivity index (χ0n) is 11.0. The first kappa shape index (κ1) is 13.4. The van der Waals surface area contributed by atoms with Gasteiger partial charge in [0.1, 0.15) is 0 Å². The Balaban J connectivity index is 2.01. The van der Waals surface area contributed by atoms with Crippen LogP contribution in [-0.4, -0.2) is 6.04 Å². The molecule has 18 heavy (non-hydrogen) atoms. The van der Waals surface area contributed by atoms with E-state index in [4.69, 9.17) is 5.26 Å². The zero-order valence-corrected chi connectivity index (χ0v) is 12.5. The largest absolute Gasteiger partial charge is 0.381 e. The van der Waals surface area contributed by atoms with E-state index in [9.17, 15) is 0 Å². The normalized spacial score (nSPS) is 19.2. The molecule has 0 bridgehead atoms. The smallest absolute Gasteiger partial charge is 0.0992 e. The van der Waals surface area contributed by atoms with E-state index < -0.39 is 0 Å². The van der Waals surface area contributed by atoms with Gasteiger partial charge in [-0.25, -0.2) is 0 Å². The Labute approximate surface area is 118 Å². The summed E-state index contributed by atoms with van der Waals surface area (Å²) in [6, 6.07) is 8.43. The summed E-state index contributed by atoms with van der Waals surface area (Å²) in [4.78, 5) is 0. The predicted octanol–water partition coefficient (Wildman–Crippen LogP) is 4.70.